The van der Waals surface area contributed by atoms with Gasteiger partial charge < -0.3 is 4.42 Å². The van der Waals surface area contributed by atoms with Crippen LogP contribution in [0, 0.1) is 0 Å². The van der Waals surface area contributed by atoms with E-state index in [0.29, 0.717) is 31.4 Å². The van der Waals surface area contributed by atoms with Gasteiger partial charge in [-0.2, -0.15) is 0 Å². The molecule has 0 aliphatic carbocycles. The van der Waals surface area contributed by atoms with E-state index in [4.69, 9.17) is 9.25 Å². The highest BCUT2D eigenvalue weighted by molar-refractivity contribution is 5.45. The van der Waals surface area contributed by atoms with Crippen LogP contribution in [0.15, 0.2) is 65.1 Å². The van der Waals surface area contributed by atoms with Crippen molar-refractivity contribution in [2.45, 2.75) is 51.6 Å². The molecule has 2 aromatic carbocycles. The van der Waals surface area contributed by atoms with Crippen LogP contribution in [0.5, 0.6) is 0 Å². The summed E-state index contributed by atoms with van der Waals surface area (Å²) in [7, 11) is 0. The van der Waals surface area contributed by atoms with Gasteiger partial charge in [0.25, 0.3) is 0 Å². The first-order chi connectivity index (χ1) is 14.8. The van der Waals surface area contributed by atoms with Crippen LogP contribution in [0.1, 0.15) is 61.4 Å². The van der Waals surface area contributed by atoms with Crippen molar-refractivity contribution in [3.63, 3.8) is 0 Å². The average Bonchev–Trinajstić information content (AvgIpc) is 3.25. The van der Waals surface area contributed by atoms with Crippen molar-refractivity contribution in [3.8, 4) is 0 Å². The van der Waals surface area contributed by atoms with Gasteiger partial charge in [0.05, 0.1) is 18.9 Å². The topological polar surface area (TPSA) is 68.5 Å². The molecule has 30 heavy (non-hydrogen) atoms. The molecule has 0 spiro atoms. The Kier molecular flexibility index (Phi) is 8.60. The maximum absolute atomic E-state index is 11.6. The Morgan fingerprint density at radius 3 is 2.37 bits per heavy atom. The molecule has 3 aromatic rings. The molecule has 0 saturated heterocycles. The van der Waals surface area contributed by atoms with Gasteiger partial charge in [0.1, 0.15) is 6.61 Å². The zero-order valence-electron chi connectivity index (χ0n) is 17.4. The second-order valence-corrected chi connectivity index (χ2v) is 7.35. The van der Waals surface area contributed by atoms with Gasteiger partial charge in [-0.05, 0) is 17.5 Å². The molecule has 1 atom stereocenters. The number of nitrogens with zero attached hydrogens (tertiary/aromatic N) is 3. The van der Waals surface area contributed by atoms with E-state index in [2.05, 4.69) is 17.1 Å². The number of aromatic nitrogens is 2. The summed E-state index contributed by atoms with van der Waals surface area (Å²) in [5, 5.41) is 9.84. The number of hydrogen-bond acceptors (Lipinski definition) is 5. The molecule has 6 heteroatoms. The van der Waals surface area contributed by atoms with Crippen LogP contribution >= 0.6 is 0 Å². The van der Waals surface area contributed by atoms with E-state index in [1.54, 1.807) is 0 Å². The molecule has 3 rings (SSSR count). The summed E-state index contributed by atoms with van der Waals surface area (Å²) in [4.78, 5) is 17.3. The van der Waals surface area contributed by atoms with Crippen molar-refractivity contribution in [1.82, 2.24) is 15.3 Å². The largest absolute Gasteiger partial charge is 0.425 e. The van der Waals surface area contributed by atoms with E-state index in [1.165, 1.54) is 5.06 Å². The van der Waals surface area contributed by atoms with Crippen molar-refractivity contribution in [2.24, 2.45) is 0 Å². The first-order valence-corrected chi connectivity index (χ1v) is 10.5. The highest BCUT2D eigenvalue weighted by atomic mass is 16.7. The minimum absolute atomic E-state index is 0.0606. The molecule has 158 valence electrons. The average molecular weight is 408 g/mol. The number of carbonyl (C=O) groups excluding carboxylic acids is 1. The van der Waals surface area contributed by atoms with Crippen LogP contribution in [-0.4, -0.2) is 28.2 Å². The monoisotopic (exact) mass is 407 g/mol. The van der Waals surface area contributed by atoms with Gasteiger partial charge in [0, 0.05) is 0 Å². The molecular formula is C24H29N3O3. The molecule has 0 aliphatic heterocycles. The molecule has 0 radical (unpaired) electrons. The number of hydroxylamine groups is 2. The molecule has 0 N–H and O–H groups in total. The van der Waals surface area contributed by atoms with E-state index in [0.717, 1.165) is 43.2 Å². The van der Waals surface area contributed by atoms with Crippen molar-refractivity contribution >= 4 is 6.41 Å². The van der Waals surface area contributed by atoms with Crippen LogP contribution < -0.4 is 0 Å². The van der Waals surface area contributed by atoms with Crippen molar-refractivity contribution < 1.29 is 14.0 Å². The molecule has 1 unspecified atom stereocenters. The fourth-order valence-corrected chi connectivity index (χ4v) is 3.28. The summed E-state index contributed by atoms with van der Waals surface area (Å²) in [6, 6.07) is 19.8. The number of rotatable bonds is 13. The quantitative estimate of drug-likeness (QED) is 0.229. The molecule has 1 aromatic heterocycles. The normalized spacial score (nSPS) is 11.9. The Bertz CT molecular complexity index is 868. The van der Waals surface area contributed by atoms with E-state index in [9.17, 15) is 4.79 Å². The molecular weight excluding hydrogens is 378 g/mol. The fraction of sp³-hybridized carbons (Fsp3) is 0.375. The van der Waals surface area contributed by atoms with Gasteiger partial charge >= 0.3 is 0 Å². The maximum Gasteiger partial charge on any atom is 0.233 e. The van der Waals surface area contributed by atoms with Crippen molar-refractivity contribution in [3.05, 3.63) is 83.6 Å². The standard InChI is InChI=1S/C24H29N3O3/c1-2-3-6-15-22(17-27(19-28)29-18-21-13-9-5-10-14-21)24-26-25-23(30-24)16-20-11-7-4-8-12-20/h4-5,7-14,19,22H,2-3,6,15-18H2,1H3. The van der Waals surface area contributed by atoms with Crippen molar-refractivity contribution in [1.29, 1.82) is 0 Å². The van der Waals surface area contributed by atoms with E-state index >= 15 is 0 Å². The van der Waals surface area contributed by atoms with Gasteiger partial charge in [-0.25, -0.2) is 5.06 Å². The zero-order valence-corrected chi connectivity index (χ0v) is 17.4. The molecule has 0 saturated carbocycles. The first-order valence-electron chi connectivity index (χ1n) is 10.5. The molecule has 0 bridgehead atoms. The van der Waals surface area contributed by atoms with Crippen molar-refractivity contribution in [2.75, 3.05) is 6.54 Å². The summed E-state index contributed by atoms with van der Waals surface area (Å²) in [6.45, 7) is 2.89. The van der Waals surface area contributed by atoms with Crippen LogP contribution in [0.2, 0.25) is 0 Å². The smallest absolute Gasteiger partial charge is 0.233 e. The summed E-state index contributed by atoms with van der Waals surface area (Å²) >= 11 is 0. The highest BCUT2D eigenvalue weighted by Gasteiger charge is 2.22. The number of amides is 1. The summed E-state index contributed by atoms with van der Waals surface area (Å²) in [6.07, 6.45) is 5.45. The van der Waals surface area contributed by atoms with Gasteiger partial charge in [-0.1, -0.05) is 86.8 Å². The third-order valence-corrected chi connectivity index (χ3v) is 4.94. The Labute approximate surface area is 177 Å². The third-order valence-electron chi connectivity index (χ3n) is 4.94. The summed E-state index contributed by atoms with van der Waals surface area (Å²) in [5.41, 5.74) is 2.13. The lowest BCUT2D eigenvalue weighted by atomic mass is 10.0. The number of hydrogen-bond donors (Lipinski definition) is 0. The van der Waals surface area contributed by atoms with Crippen LogP contribution in [0.25, 0.3) is 0 Å². The Morgan fingerprint density at radius 1 is 1.00 bits per heavy atom. The SMILES string of the molecule is CCCCCC(CN(C=O)OCc1ccccc1)c1nnc(Cc2ccccc2)o1. The number of benzene rings is 2. The second kappa shape index (κ2) is 11.9. The predicted molar refractivity (Wildman–Crippen MR) is 114 cm³/mol. The second-order valence-electron chi connectivity index (χ2n) is 7.35. The lowest BCUT2D eigenvalue weighted by molar-refractivity contribution is -0.179. The van der Waals surface area contributed by atoms with Gasteiger partial charge in [0.15, 0.2) is 0 Å². The molecule has 6 nitrogen and oxygen atoms in total. The Morgan fingerprint density at radius 2 is 1.70 bits per heavy atom. The van der Waals surface area contributed by atoms with E-state index < -0.39 is 0 Å². The zero-order chi connectivity index (χ0) is 21.0. The van der Waals surface area contributed by atoms with Gasteiger partial charge in [-0.15, -0.1) is 10.2 Å². The molecule has 0 fully saturated rings. The molecule has 0 aliphatic rings. The highest BCUT2D eigenvalue weighted by Crippen LogP contribution is 2.24. The first kappa shape index (κ1) is 21.7. The Hall–Kier alpha value is -2.99. The number of carbonyl (C=O) groups is 1. The van der Waals surface area contributed by atoms with Crippen LogP contribution in [0.4, 0.5) is 0 Å². The van der Waals surface area contributed by atoms with Crippen LogP contribution in [0.3, 0.4) is 0 Å². The van der Waals surface area contributed by atoms with Crippen LogP contribution in [-0.2, 0) is 22.7 Å². The minimum Gasteiger partial charge on any atom is -0.425 e. The maximum atomic E-state index is 11.6. The lowest BCUT2D eigenvalue weighted by Crippen LogP contribution is -2.28. The Balaban J connectivity index is 1.64. The molecule has 1 heterocycles. The summed E-state index contributed by atoms with van der Waals surface area (Å²) in [5.74, 6) is 1.08. The van der Waals surface area contributed by atoms with Gasteiger partial charge in [0.2, 0.25) is 18.2 Å². The number of unbranched alkanes of at least 4 members (excludes halogenated alkanes) is 2. The van der Waals surface area contributed by atoms with E-state index in [-0.39, 0.29) is 5.92 Å². The molecule has 1 amide bonds. The summed E-state index contributed by atoms with van der Waals surface area (Å²) < 4.78 is 5.97. The lowest BCUT2D eigenvalue weighted by Gasteiger charge is -2.21. The third kappa shape index (κ3) is 6.81. The fourth-order valence-electron chi connectivity index (χ4n) is 3.28. The predicted octanol–water partition coefficient (Wildman–Crippen LogP) is 4.91. The van der Waals surface area contributed by atoms with Gasteiger partial charge in [-0.3, -0.25) is 9.63 Å². The minimum atomic E-state index is -0.0606. The van der Waals surface area contributed by atoms with E-state index in [1.807, 2.05) is 60.7 Å².